The van der Waals surface area contributed by atoms with Crippen LogP contribution in [0.3, 0.4) is 0 Å². The predicted octanol–water partition coefficient (Wildman–Crippen LogP) is 8.41. The van der Waals surface area contributed by atoms with Crippen LogP contribution in [0.4, 0.5) is 13.2 Å². The van der Waals surface area contributed by atoms with Crippen molar-refractivity contribution in [3.05, 3.63) is 65.0 Å². The van der Waals surface area contributed by atoms with Crippen LogP contribution in [0.5, 0.6) is 5.75 Å². The van der Waals surface area contributed by atoms with Crippen LogP contribution in [0.15, 0.2) is 42.5 Å². The molecule has 184 valence electrons. The van der Waals surface area contributed by atoms with Gasteiger partial charge in [0, 0.05) is 0 Å². The van der Waals surface area contributed by atoms with E-state index in [-0.39, 0.29) is 18.2 Å². The normalized spacial score (nSPS) is 24.4. The molecule has 0 aliphatic heterocycles. The summed E-state index contributed by atoms with van der Waals surface area (Å²) in [6.07, 6.45) is 7.51. The van der Waals surface area contributed by atoms with Gasteiger partial charge in [-0.3, -0.25) is 4.39 Å². The molecule has 2 aromatic carbocycles. The zero-order valence-electron chi connectivity index (χ0n) is 20.1. The minimum absolute atomic E-state index is 0.0722. The number of ether oxygens (including phenoxy) is 1. The molecular formula is C29H36F3NO. The van der Waals surface area contributed by atoms with Gasteiger partial charge in [-0.2, -0.15) is 5.26 Å². The minimum atomic E-state index is -0.695. The molecular weight excluding hydrogens is 435 g/mol. The van der Waals surface area contributed by atoms with E-state index in [1.165, 1.54) is 43.4 Å². The Balaban J connectivity index is 0.000000192. The second kappa shape index (κ2) is 13.4. The maximum absolute atomic E-state index is 13.4. The fourth-order valence-corrected chi connectivity index (χ4v) is 5.20. The average molecular weight is 472 g/mol. The van der Waals surface area contributed by atoms with Gasteiger partial charge in [-0.15, -0.1) is 0 Å². The number of halogens is 3. The van der Waals surface area contributed by atoms with Crippen LogP contribution < -0.4 is 4.74 Å². The number of hydrogen-bond donors (Lipinski definition) is 0. The molecule has 0 bridgehead atoms. The van der Waals surface area contributed by atoms with Crippen LogP contribution in [0, 0.1) is 23.1 Å². The summed E-state index contributed by atoms with van der Waals surface area (Å²) in [4.78, 5) is 0. The highest BCUT2D eigenvalue weighted by molar-refractivity contribution is 5.35. The van der Waals surface area contributed by atoms with E-state index in [1.54, 1.807) is 12.1 Å². The van der Waals surface area contributed by atoms with Crippen molar-refractivity contribution in [3.8, 4) is 11.8 Å². The Morgan fingerprint density at radius 1 is 0.882 bits per heavy atom. The van der Waals surface area contributed by atoms with Crippen molar-refractivity contribution >= 4 is 0 Å². The molecule has 2 nitrogen and oxygen atoms in total. The van der Waals surface area contributed by atoms with Crippen molar-refractivity contribution in [1.82, 2.24) is 0 Å². The van der Waals surface area contributed by atoms with Gasteiger partial charge in [0.05, 0.1) is 18.8 Å². The highest BCUT2D eigenvalue weighted by Gasteiger charge is 2.23. The molecule has 5 heteroatoms. The van der Waals surface area contributed by atoms with Crippen LogP contribution in [0.2, 0.25) is 0 Å². The van der Waals surface area contributed by atoms with Crippen molar-refractivity contribution in [1.29, 1.82) is 5.26 Å². The summed E-state index contributed by atoms with van der Waals surface area (Å²) in [5.41, 5.74) is 2.38. The van der Waals surface area contributed by atoms with Crippen LogP contribution in [0.1, 0.15) is 93.2 Å². The van der Waals surface area contributed by atoms with E-state index in [9.17, 15) is 13.2 Å². The molecule has 0 aromatic heterocycles. The Labute approximate surface area is 202 Å². The van der Waals surface area contributed by atoms with Crippen LogP contribution in [0.25, 0.3) is 0 Å². The standard InChI is InChI=1S/C16H23FO.C13H13F2N/c1-2-18-16-9-7-15(8-10-16)14-5-3-13(4-6-14)11-12-17;14-12-5-3-9(4-6-12)10-1-2-11(8-16)13(15)7-10/h7-10,13-14H,2-6,11-12H2,1H3;1-2,7,9,12H,3-6H2. The third-order valence-corrected chi connectivity index (χ3v) is 7.27. The SMILES string of the molecule is CCOc1ccc(C2CCC(CCF)CC2)cc1.N#Cc1ccc(C2CCC(F)CC2)cc1F. The van der Waals surface area contributed by atoms with Gasteiger partial charge in [-0.1, -0.05) is 18.2 Å². The van der Waals surface area contributed by atoms with Crippen LogP contribution >= 0.6 is 0 Å². The Morgan fingerprint density at radius 3 is 2.03 bits per heavy atom. The zero-order valence-corrected chi connectivity index (χ0v) is 20.1. The first-order chi connectivity index (χ1) is 16.5. The highest BCUT2D eigenvalue weighted by atomic mass is 19.1. The molecule has 2 fully saturated rings. The quantitative estimate of drug-likeness (QED) is 0.424. The Morgan fingerprint density at radius 2 is 1.47 bits per heavy atom. The lowest BCUT2D eigenvalue weighted by Gasteiger charge is -2.28. The molecule has 0 N–H and O–H groups in total. The predicted molar refractivity (Wildman–Crippen MR) is 130 cm³/mol. The van der Waals surface area contributed by atoms with Gasteiger partial charge in [0.2, 0.25) is 0 Å². The molecule has 0 atom stereocenters. The van der Waals surface area contributed by atoms with Crippen molar-refractivity contribution in [2.45, 2.75) is 82.7 Å². The second-order valence-electron chi connectivity index (χ2n) is 9.50. The molecule has 0 amide bonds. The second-order valence-corrected chi connectivity index (χ2v) is 9.50. The molecule has 2 aromatic rings. The van der Waals surface area contributed by atoms with Gasteiger partial charge in [-0.25, -0.2) is 8.78 Å². The molecule has 2 saturated carbocycles. The van der Waals surface area contributed by atoms with Gasteiger partial charge in [0.15, 0.2) is 0 Å². The third-order valence-electron chi connectivity index (χ3n) is 7.27. The molecule has 4 rings (SSSR count). The molecule has 0 spiro atoms. The fourth-order valence-electron chi connectivity index (χ4n) is 5.20. The molecule has 0 radical (unpaired) electrons. The Hall–Kier alpha value is -2.48. The van der Waals surface area contributed by atoms with Crippen molar-refractivity contribution in [3.63, 3.8) is 0 Å². The van der Waals surface area contributed by atoms with E-state index < -0.39 is 12.0 Å². The zero-order chi connectivity index (χ0) is 24.3. The van der Waals surface area contributed by atoms with Gasteiger partial charge in [0.25, 0.3) is 0 Å². The number of alkyl halides is 2. The summed E-state index contributed by atoms with van der Waals surface area (Å²) in [5.74, 6) is 2.01. The molecule has 0 saturated heterocycles. The van der Waals surface area contributed by atoms with Crippen LogP contribution in [-0.2, 0) is 0 Å². The van der Waals surface area contributed by atoms with Gasteiger partial charge < -0.3 is 4.74 Å². The highest BCUT2D eigenvalue weighted by Crippen LogP contribution is 2.37. The summed E-state index contributed by atoms with van der Waals surface area (Å²) in [5, 5.41) is 8.61. The summed E-state index contributed by atoms with van der Waals surface area (Å²) < 4.78 is 44.1. The van der Waals surface area contributed by atoms with E-state index in [2.05, 4.69) is 24.3 Å². The van der Waals surface area contributed by atoms with Gasteiger partial charge in [-0.05, 0) is 118 Å². The Bertz CT molecular complexity index is 908. The van der Waals surface area contributed by atoms with Crippen molar-refractivity contribution < 1.29 is 17.9 Å². The van der Waals surface area contributed by atoms with E-state index in [0.29, 0.717) is 31.3 Å². The maximum atomic E-state index is 13.4. The molecule has 0 unspecified atom stereocenters. The van der Waals surface area contributed by atoms with Crippen LogP contribution in [-0.4, -0.2) is 19.5 Å². The molecule has 2 aliphatic rings. The molecule has 0 heterocycles. The summed E-state index contributed by atoms with van der Waals surface area (Å²) >= 11 is 0. The topological polar surface area (TPSA) is 33.0 Å². The van der Waals surface area contributed by atoms with E-state index in [1.807, 2.05) is 6.92 Å². The van der Waals surface area contributed by atoms with Gasteiger partial charge >= 0.3 is 0 Å². The lowest BCUT2D eigenvalue weighted by atomic mass is 9.78. The largest absolute Gasteiger partial charge is 0.494 e. The van der Waals surface area contributed by atoms with E-state index in [0.717, 1.165) is 30.6 Å². The van der Waals surface area contributed by atoms with Crippen molar-refractivity contribution in [2.75, 3.05) is 13.3 Å². The number of hydrogen-bond acceptors (Lipinski definition) is 2. The van der Waals surface area contributed by atoms with E-state index >= 15 is 0 Å². The summed E-state index contributed by atoms with van der Waals surface area (Å²) in [6, 6.07) is 15.0. The minimum Gasteiger partial charge on any atom is -0.494 e. The number of nitriles is 1. The summed E-state index contributed by atoms with van der Waals surface area (Å²) in [6.45, 7) is 2.56. The maximum Gasteiger partial charge on any atom is 0.141 e. The first-order valence-electron chi connectivity index (χ1n) is 12.7. The lowest BCUT2D eigenvalue weighted by molar-refractivity contribution is 0.235. The first-order valence-corrected chi connectivity index (χ1v) is 12.7. The molecule has 34 heavy (non-hydrogen) atoms. The average Bonchev–Trinajstić information content (AvgIpc) is 2.86. The molecule has 2 aliphatic carbocycles. The monoisotopic (exact) mass is 471 g/mol. The number of rotatable bonds is 6. The summed E-state index contributed by atoms with van der Waals surface area (Å²) in [7, 11) is 0. The van der Waals surface area contributed by atoms with E-state index in [4.69, 9.17) is 10.00 Å². The lowest BCUT2D eigenvalue weighted by Crippen LogP contribution is -2.13. The number of nitrogens with zero attached hydrogens (tertiary/aromatic N) is 1. The van der Waals surface area contributed by atoms with Gasteiger partial charge in [0.1, 0.15) is 23.8 Å². The fraction of sp³-hybridized carbons (Fsp3) is 0.552. The first kappa shape index (κ1) is 26.1. The third kappa shape index (κ3) is 7.52. The Kier molecular flexibility index (Phi) is 10.3. The number of benzene rings is 2. The van der Waals surface area contributed by atoms with Crippen molar-refractivity contribution in [2.24, 2.45) is 5.92 Å². The smallest absolute Gasteiger partial charge is 0.141 e.